The Morgan fingerprint density at radius 3 is 0.875 bits per heavy atom. The number of nitrogens with zero attached hydrogens (tertiary/aromatic N) is 4. The molecule has 0 spiro atoms. The van der Waals surface area contributed by atoms with E-state index < -0.39 is 65.3 Å². The number of aliphatic hydroxyl groups is 2. The first kappa shape index (κ1) is 49.7. The highest BCUT2D eigenvalue weighted by Gasteiger charge is 2.71. The summed E-state index contributed by atoms with van der Waals surface area (Å²) in [7, 11) is 0. The standard InChI is InChI=1S/C65H54N4O11/c1-29-30(2)48-52-51(47(29)56(48)71)62(77)68(63(52)78)41-19-9-35(10-20-41)25-33-5-15-39(16-6-33)66-58(73)43-23-13-37(27-45(43)60(66)75)55(70)38-14-24-44-46(28-38)61(76)67(59(44)74)40-17-7-34(8-18-40)26-36-11-21-42(22-12-36)69-64(79)53-49-31(3)32(4)50(57(49)72)54(53)65(69)80/h5-24,27-32,47-54,56-57,71-72H,25-26H2,1-4H3. The van der Waals surface area contributed by atoms with E-state index in [4.69, 9.17) is 0 Å². The highest BCUT2D eigenvalue weighted by molar-refractivity contribution is 6.36. The van der Waals surface area contributed by atoms with Gasteiger partial charge in [-0.05, 0) is 132 Å². The van der Waals surface area contributed by atoms with Crippen LogP contribution < -0.4 is 19.6 Å². The Hall–Kier alpha value is -8.53. The average Bonchev–Trinajstić information content (AvgIpc) is 3.63. The number of carbonyl (C=O) groups is 9. The summed E-state index contributed by atoms with van der Waals surface area (Å²) < 4.78 is 0. The first-order valence-electron chi connectivity index (χ1n) is 27.5. The molecule has 2 saturated heterocycles. The molecule has 8 amide bonds. The zero-order chi connectivity index (χ0) is 55.6. The zero-order valence-electron chi connectivity index (χ0n) is 44.1. The van der Waals surface area contributed by atoms with Crippen LogP contribution in [0, 0.1) is 71.0 Å². The monoisotopic (exact) mass is 1070 g/mol. The first-order chi connectivity index (χ1) is 38.4. The molecule has 6 fully saturated rings. The number of benzene rings is 6. The lowest BCUT2D eigenvalue weighted by Crippen LogP contribution is -2.35. The van der Waals surface area contributed by atoms with Gasteiger partial charge in [-0.3, -0.25) is 53.0 Å². The second-order valence-corrected chi connectivity index (χ2v) is 23.6. The van der Waals surface area contributed by atoms with Crippen molar-refractivity contribution in [2.45, 2.75) is 52.7 Å². The Morgan fingerprint density at radius 1 is 0.350 bits per heavy atom. The summed E-state index contributed by atoms with van der Waals surface area (Å²) in [4.78, 5) is 128. The van der Waals surface area contributed by atoms with Gasteiger partial charge in [0.2, 0.25) is 23.6 Å². The van der Waals surface area contributed by atoms with Gasteiger partial charge in [0.05, 0.1) is 80.9 Å². The number of carbonyl (C=O) groups excluding carboxylic acids is 9. The summed E-state index contributed by atoms with van der Waals surface area (Å²) in [5.41, 5.74) is 5.85. The SMILES string of the molecule is CC1C(C)C2C(O)C1C1C(=O)N(c3ccc(Cc4ccc(N5C(=O)c6ccc(C(=O)c7ccc8c(c7)C(=O)N(c7ccc(Cc9ccc(N%10C(=O)C%11C(C%10=O)C%10C(C)C(C)C%11C%10O)cc9)cc7)C8=O)cc6C5=O)cc4)cc3)C(=O)C12. The molecule has 12 unspecified atom stereocenters. The van der Waals surface area contributed by atoms with Crippen LogP contribution in [0.25, 0.3) is 0 Å². The van der Waals surface area contributed by atoms with Gasteiger partial charge in [0.25, 0.3) is 23.6 Å². The van der Waals surface area contributed by atoms with Crippen LogP contribution in [0.5, 0.6) is 0 Å². The van der Waals surface area contributed by atoms with Gasteiger partial charge in [-0.1, -0.05) is 88.4 Å². The van der Waals surface area contributed by atoms with Crippen LogP contribution in [-0.2, 0) is 32.0 Å². The Labute approximate surface area is 459 Å². The van der Waals surface area contributed by atoms with Crippen LogP contribution in [0.4, 0.5) is 22.7 Å². The minimum absolute atomic E-state index is 0.0468. The molecule has 12 atom stereocenters. The highest BCUT2D eigenvalue weighted by atomic mass is 16.3. The Kier molecular flexibility index (Phi) is 11.0. The number of imide groups is 4. The fourth-order valence-electron chi connectivity index (χ4n) is 15.8. The van der Waals surface area contributed by atoms with E-state index in [0.717, 1.165) is 32.1 Å². The maximum Gasteiger partial charge on any atom is 0.266 e. The van der Waals surface area contributed by atoms with E-state index in [1.165, 1.54) is 46.2 Å². The molecule has 4 aliphatic heterocycles. The maximum absolute atomic E-state index is 14.0. The number of fused-ring (bicyclic) bond motifs is 12. The van der Waals surface area contributed by atoms with Crippen molar-refractivity contribution >= 4 is 75.8 Å². The van der Waals surface area contributed by atoms with Crippen molar-refractivity contribution in [2.24, 2.45) is 71.0 Å². The largest absolute Gasteiger partial charge is 0.392 e. The second kappa shape index (κ2) is 17.7. The van der Waals surface area contributed by atoms with Crippen LogP contribution in [-0.4, -0.2) is 75.5 Å². The Balaban J connectivity index is 0.609. The van der Waals surface area contributed by atoms with Gasteiger partial charge in [-0.2, -0.15) is 0 Å². The normalized spacial score (nSPS) is 30.6. The van der Waals surface area contributed by atoms with Crippen LogP contribution in [0.2, 0.25) is 0 Å². The average molecular weight is 1070 g/mol. The van der Waals surface area contributed by atoms with E-state index in [2.05, 4.69) is 27.7 Å². The molecule has 0 aromatic heterocycles. The summed E-state index contributed by atoms with van der Waals surface area (Å²) in [6.07, 6.45) is -0.294. The Bertz CT molecular complexity index is 3470. The molecule has 6 aromatic carbocycles. The summed E-state index contributed by atoms with van der Waals surface area (Å²) >= 11 is 0. The van der Waals surface area contributed by atoms with Crippen molar-refractivity contribution in [3.63, 3.8) is 0 Å². The number of ketones is 1. The number of hydrogen-bond acceptors (Lipinski definition) is 11. The van der Waals surface area contributed by atoms with E-state index in [9.17, 15) is 53.4 Å². The molecular formula is C65H54N4O11. The predicted molar refractivity (Wildman–Crippen MR) is 292 cm³/mol. The zero-order valence-corrected chi connectivity index (χ0v) is 44.1. The van der Waals surface area contributed by atoms with Crippen molar-refractivity contribution in [3.05, 3.63) is 189 Å². The molecule has 15 heteroatoms. The molecular weight excluding hydrogens is 1010 g/mol. The molecule has 2 N–H and O–H groups in total. The number of rotatable bonds is 10. The van der Waals surface area contributed by atoms with Crippen molar-refractivity contribution < 1.29 is 53.4 Å². The second-order valence-electron chi connectivity index (χ2n) is 23.6. The topological polar surface area (TPSA) is 207 Å². The summed E-state index contributed by atoms with van der Waals surface area (Å²) in [6, 6.07) is 37.0. The first-order valence-corrected chi connectivity index (χ1v) is 27.5. The summed E-state index contributed by atoms with van der Waals surface area (Å²) in [5.74, 6) is -6.02. The minimum Gasteiger partial charge on any atom is -0.392 e. The minimum atomic E-state index is -0.637. The Morgan fingerprint density at radius 2 is 0.600 bits per heavy atom. The van der Waals surface area contributed by atoms with Crippen LogP contribution in [0.15, 0.2) is 133 Å². The number of aliphatic hydroxyl groups excluding tert-OH is 2. The van der Waals surface area contributed by atoms with Gasteiger partial charge >= 0.3 is 0 Å². The third kappa shape index (κ3) is 6.89. The quantitative estimate of drug-likeness (QED) is 0.100. The molecule has 8 aliphatic rings. The lowest BCUT2D eigenvalue weighted by atomic mass is 9.70. The fraction of sp³-hybridized carbons (Fsp3) is 0.308. The molecule has 400 valence electrons. The van der Waals surface area contributed by atoms with Crippen LogP contribution in [0.3, 0.4) is 0 Å². The number of anilines is 4. The number of hydrogen-bond donors (Lipinski definition) is 2. The molecule has 80 heavy (non-hydrogen) atoms. The van der Waals surface area contributed by atoms with E-state index in [0.29, 0.717) is 35.6 Å². The van der Waals surface area contributed by atoms with Gasteiger partial charge < -0.3 is 10.2 Å². The lowest BCUT2D eigenvalue weighted by Gasteiger charge is -2.30. The third-order valence-electron chi connectivity index (χ3n) is 20.0. The smallest absolute Gasteiger partial charge is 0.266 e. The van der Waals surface area contributed by atoms with Crippen molar-refractivity contribution in [1.29, 1.82) is 0 Å². The van der Waals surface area contributed by atoms with Gasteiger partial charge in [0.1, 0.15) is 0 Å². The lowest BCUT2D eigenvalue weighted by molar-refractivity contribution is -0.125. The van der Waals surface area contributed by atoms with Crippen molar-refractivity contribution in [2.75, 3.05) is 19.6 Å². The van der Waals surface area contributed by atoms with E-state index in [1.807, 2.05) is 48.5 Å². The van der Waals surface area contributed by atoms with Crippen LogP contribution in [0.1, 0.15) is 107 Å². The van der Waals surface area contributed by atoms with Gasteiger partial charge in [0, 0.05) is 34.8 Å². The molecule has 4 saturated carbocycles. The van der Waals surface area contributed by atoms with Crippen LogP contribution >= 0.6 is 0 Å². The molecule has 14 rings (SSSR count). The predicted octanol–water partition coefficient (Wildman–Crippen LogP) is 7.70. The van der Waals surface area contributed by atoms with Gasteiger partial charge in [0.15, 0.2) is 5.78 Å². The summed E-state index contributed by atoms with van der Waals surface area (Å²) in [6.45, 7) is 8.22. The van der Waals surface area contributed by atoms with E-state index in [1.54, 1.807) is 48.5 Å². The number of amides is 8. The maximum atomic E-state index is 14.0. The van der Waals surface area contributed by atoms with Gasteiger partial charge in [-0.25, -0.2) is 9.80 Å². The molecule has 4 heterocycles. The van der Waals surface area contributed by atoms with Crippen molar-refractivity contribution in [1.82, 2.24) is 0 Å². The molecule has 4 aliphatic carbocycles. The fourth-order valence-corrected chi connectivity index (χ4v) is 15.8. The highest BCUT2D eigenvalue weighted by Crippen LogP contribution is 2.63. The summed E-state index contributed by atoms with van der Waals surface area (Å²) in [5, 5.41) is 21.8. The molecule has 4 bridgehead atoms. The third-order valence-corrected chi connectivity index (χ3v) is 20.0. The van der Waals surface area contributed by atoms with Gasteiger partial charge in [-0.15, -0.1) is 0 Å². The molecule has 6 aromatic rings. The van der Waals surface area contributed by atoms with E-state index >= 15 is 0 Å². The van der Waals surface area contributed by atoms with E-state index in [-0.39, 0.29) is 104 Å². The van der Waals surface area contributed by atoms with Crippen molar-refractivity contribution in [3.8, 4) is 0 Å². The molecule has 0 radical (unpaired) electrons. The molecule has 15 nitrogen and oxygen atoms in total.